The van der Waals surface area contributed by atoms with Crippen LogP contribution < -0.4 is 15.5 Å². The molecule has 2 heterocycles. The van der Waals surface area contributed by atoms with Crippen molar-refractivity contribution in [1.82, 2.24) is 4.57 Å². The van der Waals surface area contributed by atoms with E-state index in [9.17, 15) is 0 Å². The van der Waals surface area contributed by atoms with E-state index in [4.69, 9.17) is 4.42 Å². The van der Waals surface area contributed by atoms with Gasteiger partial charge in [0.2, 0.25) is 0 Å². The summed E-state index contributed by atoms with van der Waals surface area (Å²) in [6.07, 6.45) is 25.0. The Morgan fingerprint density at radius 2 is 1.39 bits per heavy atom. The summed E-state index contributed by atoms with van der Waals surface area (Å²) in [5, 5.41) is 4.55. The van der Waals surface area contributed by atoms with Gasteiger partial charge in [-0.1, -0.05) is 160 Å². The van der Waals surface area contributed by atoms with E-state index in [0.29, 0.717) is 0 Å². The molecule has 0 unspecified atom stereocenters. The number of para-hydroxylation sites is 1. The second-order valence-electron chi connectivity index (χ2n) is 13.9. The fourth-order valence-electron chi connectivity index (χ4n) is 7.51. The molecule has 276 valence electrons. The molecule has 7 aromatic rings. The molecular formula is C54H44N2O. The molecule has 0 N–H and O–H groups in total. The maximum absolute atomic E-state index is 6.08. The summed E-state index contributed by atoms with van der Waals surface area (Å²) in [6, 6.07) is 43.8. The molecule has 8 rings (SSSR count). The third-order valence-corrected chi connectivity index (χ3v) is 10.4. The molecule has 0 spiro atoms. The molecule has 0 saturated carbocycles. The number of fused-ring (bicyclic) bond motifs is 4. The topological polar surface area (TPSA) is 21.3 Å². The van der Waals surface area contributed by atoms with Gasteiger partial charge in [0, 0.05) is 50.2 Å². The first-order valence-electron chi connectivity index (χ1n) is 19.3. The van der Waals surface area contributed by atoms with Crippen molar-refractivity contribution in [1.29, 1.82) is 0 Å². The van der Waals surface area contributed by atoms with Crippen LogP contribution in [0.3, 0.4) is 0 Å². The first kappa shape index (κ1) is 36.6. The van der Waals surface area contributed by atoms with Crippen LogP contribution in [0.1, 0.15) is 35.2 Å². The third kappa shape index (κ3) is 7.65. The van der Waals surface area contributed by atoms with Gasteiger partial charge in [-0.3, -0.25) is 0 Å². The predicted octanol–water partition coefficient (Wildman–Crippen LogP) is 13.1. The molecular weight excluding hydrogens is 693 g/mol. The molecule has 1 aliphatic rings. The van der Waals surface area contributed by atoms with Gasteiger partial charge in [-0.15, -0.1) is 0 Å². The Morgan fingerprint density at radius 1 is 0.684 bits per heavy atom. The van der Waals surface area contributed by atoms with Crippen molar-refractivity contribution < 1.29 is 4.42 Å². The Labute approximate surface area is 334 Å². The van der Waals surface area contributed by atoms with Crippen molar-refractivity contribution in [2.75, 3.05) is 4.90 Å². The Bertz CT molecular complexity index is 2890. The zero-order chi connectivity index (χ0) is 39.1. The standard InChI is InChI=1S/C54H44N2O/c1-5-42(43-18-9-7-10-19-43)22-17-37-55(46-33-31-45(32-34-46)44-20-11-8-12-21-44)39(3)27-28-40(4)56-51(6-2)48(47-23-13-15-25-52(47)56)35-29-41-30-36-54-50(38-41)49-24-14-16-26-53(49)57-54/h5-12,14,16-38H,1-4,13,15H2. The van der Waals surface area contributed by atoms with Crippen LogP contribution in [0, 0.1) is 0 Å². The molecule has 0 amide bonds. The molecule has 0 aliphatic heterocycles. The van der Waals surface area contributed by atoms with Crippen molar-refractivity contribution in [2.45, 2.75) is 12.8 Å². The van der Waals surface area contributed by atoms with Crippen LogP contribution in [0.5, 0.6) is 0 Å². The molecule has 5 aromatic carbocycles. The lowest BCUT2D eigenvalue weighted by molar-refractivity contribution is 0.669. The molecule has 0 atom stereocenters. The number of anilines is 1. The second kappa shape index (κ2) is 16.6. The van der Waals surface area contributed by atoms with Gasteiger partial charge >= 0.3 is 0 Å². The number of allylic oxidation sites excluding steroid dienone is 7. The van der Waals surface area contributed by atoms with Crippen LogP contribution >= 0.6 is 0 Å². The van der Waals surface area contributed by atoms with Crippen LogP contribution in [0.2, 0.25) is 0 Å². The molecule has 0 fully saturated rings. The van der Waals surface area contributed by atoms with Gasteiger partial charge < -0.3 is 13.9 Å². The fraction of sp³-hybridized carbons (Fsp3) is 0.0370. The highest BCUT2D eigenvalue weighted by atomic mass is 16.3. The van der Waals surface area contributed by atoms with Gasteiger partial charge in [-0.05, 0) is 95.3 Å². The van der Waals surface area contributed by atoms with Crippen molar-refractivity contribution in [2.24, 2.45) is 0 Å². The number of furan rings is 1. The Hall–Kier alpha value is -7.36. The number of rotatable bonds is 13. The molecule has 57 heavy (non-hydrogen) atoms. The lowest BCUT2D eigenvalue weighted by Crippen LogP contribution is -2.31. The number of aromatic nitrogens is 1. The average molecular weight is 737 g/mol. The highest BCUT2D eigenvalue weighted by Crippen LogP contribution is 2.30. The van der Waals surface area contributed by atoms with E-state index in [1.54, 1.807) is 0 Å². The Balaban J connectivity index is 1.11. The van der Waals surface area contributed by atoms with Crippen molar-refractivity contribution >= 4 is 69.3 Å². The summed E-state index contributed by atoms with van der Waals surface area (Å²) in [4.78, 5) is 2.09. The van der Waals surface area contributed by atoms with Crippen LogP contribution in [-0.4, -0.2) is 4.57 Å². The minimum Gasteiger partial charge on any atom is -0.456 e. The van der Waals surface area contributed by atoms with Gasteiger partial charge in [0.05, 0.1) is 5.69 Å². The summed E-state index contributed by atoms with van der Waals surface area (Å²) in [6.45, 7) is 17.4. The zero-order valence-electron chi connectivity index (χ0n) is 32.0. The number of hydrogen-bond donors (Lipinski definition) is 0. The van der Waals surface area contributed by atoms with Gasteiger partial charge in [0.15, 0.2) is 0 Å². The highest BCUT2D eigenvalue weighted by molar-refractivity contribution is 6.05. The van der Waals surface area contributed by atoms with E-state index < -0.39 is 0 Å². The quantitative estimate of drug-likeness (QED) is 0.110. The smallest absolute Gasteiger partial charge is 0.135 e. The monoisotopic (exact) mass is 736 g/mol. The molecule has 0 bridgehead atoms. The highest BCUT2D eigenvalue weighted by Gasteiger charge is 2.15. The SMILES string of the molecule is C=CC(=CC=CN(C(=C)C=CC(=C)n1c(C=C)c(C=Cc2ccc3oc4ccccc4c3c2)c2c1=CCCC=2)c1ccc(-c2ccccc2)cc1)c1ccccc1. The molecule has 0 saturated heterocycles. The molecule has 0 radical (unpaired) electrons. The van der Waals surface area contributed by atoms with Crippen molar-refractivity contribution in [3.05, 3.63) is 229 Å². The lowest BCUT2D eigenvalue weighted by Gasteiger charge is -2.21. The van der Waals surface area contributed by atoms with Gasteiger partial charge in [-0.25, -0.2) is 0 Å². The van der Waals surface area contributed by atoms with Crippen LogP contribution in [-0.2, 0) is 0 Å². The number of hydrogen-bond acceptors (Lipinski definition) is 2. The summed E-state index contributed by atoms with van der Waals surface area (Å²) in [7, 11) is 0. The van der Waals surface area contributed by atoms with E-state index in [-0.39, 0.29) is 0 Å². The van der Waals surface area contributed by atoms with Gasteiger partial charge in [0.1, 0.15) is 11.2 Å². The van der Waals surface area contributed by atoms with Crippen LogP contribution in [0.15, 0.2) is 200 Å². The summed E-state index contributed by atoms with van der Waals surface area (Å²) in [5.41, 5.74) is 12.1. The van der Waals surface area contributed by atoms with E-state index in [0.717, 1.165) is 90.7 Å². The zero-order valence-corrected chi connectivity index (χ0v) is 32.0. The largest absolute Gasteiger partial charge is 0.456 e. The van der Waals surface area contributed by atoms with E-state index in [2.05, 4.69) is 157 Å². The fourth-order valence-corrected chi connectivity index (χ4v) is 7.51. The summed E-state index contributed by atoms with van der Waals surface area (Å²) < 4.78 is 8.29. The molecule has 1 aliphatic carbocycles. The normalized spacial score (nSPS) is 12.9. The second-order valence-corrected chi connectivity index (χ2v) is 13.9. The number of benzene rings is 5. The first-order chi connectivity index (χ1) is 28.0. The predicted molar refractivity (Wildman–Crippen MR) is 246 cm³/mol. The van der Waals surface area contributed by atoms with Gasteiger partial charge in [0.25, 0.3) is 0 Å². The van der Waals surface area contributed by atoms with Crippen molar-refractivity contribution in [3.63, 3.8) is 0 Å². The first-order valence-corrected chi connectivity index (χ1v) is 19.3. The summed E-state index contributed by atoms with van der Waals surface area (Å²) >= 11 is 0. The molecule has 3 nitrogen and oxygen atoms in total. The summed E-state index contributed by atoms with van der Waals surface area (Å²) in [5.74, 6) is 0. The lowest BCUT2D eigenvalue weighted by atomic mass is 10.1. The average Bonchev–Trinajstić information content (AvgIpc) is 3.80. The Kier molecular flexibility index (Phi) is 10.6. The molecule has 3 heteroatoms. The van der Waals surface area contributed by atoms with Crippen molar-refractivity contribution in [3.8, 4) is 11.1 Å². The number of nitrogens with zero attached hydrogens (tertiary/aromatic N) is 2. The maximum atomic E-state index is 6.08. The maximum Gasteiger partial charge on any atom is 0.135 e. The third-order valence-electron chi connectivity index (χ3n) is 10.4. The van der Waals surface area contributed by atoms with E-state index in [1.807, 2.05) is 73.0 Å². The van der Waals surface area contributed by atoms with Crippen LogP contribution in [0.4, 0.5) is 5.69 Å². The minimum atomic E-state index is 0.784. The molecule has 2 aromatic heterocycles. The Morgan fingerprint density at radius 3 is 2.16 bits per heavy atom. The van der Waals surface area contributed by atoms with E-state index in [1.165, 1.54) is 10.8 Å². The van der Waals surface area contributed by atoms with Crippen LogP contribution in [0.25, 0.3) is 74.7 Å². The van der Waals surface area contributed by atoms with Gasteiger partial charge in [-0.2, -0.15) is 0 Å². The van der Waals surface area contributed by atoms with E-state index >= 15 is 0 Å². The minimum absolute atomic E-state index is 0.784.